The molecule has 3 aliphatic rings. The Kier molecular flexibility index (Phi) is 5.92. The first kappa shape index (κ1) is 21.8. The van der Waals surface area contributed by atoms with Gasteiger partial charge in [0, 0.05) is 25.2 Å². The second-order valence-electron chi connectivity index (χ2n) is 9.03. The van der Waals surface area contributed by atoms with Crippen LogP contribution in [0, 0.1) is 6.92 Å². The number of rotatable bonds is 7. The number of nitrogens with zero attached hydrogens (tertiary/aromatic N) is 5. The van der Waals surface area contributed by atoms with Gasteiger partial charge >= 0.3 is 0 Å². The zero-order chi connectivity index (χ0) is 22.3. The van der Waals surface area contributed by atoms with Crippen LogP contribution in [-0.2, 0) is 14.6 Å². The Hall–Kier alpha value is -2.07. The Morgan fingerprint density at radius 3 is 2.44 bits per heavy atom. The number of sulfone groups is 1. The largest absolute Gasteiger partial charge is 0.341 e. The smallest absolute Gasteiger partial charge is 0.233 e. The number of aromatic nitrogens is 3. The summed E-state index contributed by atoms with van der Waals surface area (Å²) in [7, 11) is -3.03. The fourth-order valence-corrected chi connectivity index (χ4v) is 7.18. The molecule has 1 aromatic heterocycles. The van der Waals surface area contributed by atoms with E-state index in [1.165, 1.54) is 17.3 Å². The Balaban J connectivity index is 1.36. The normalized spacial score (nSPS) is 22.4. The number of thioether (sulfide) groups is 1. The van der Waals surface area contributed by atoms with Crippen molar-refractivity contribution in [2.75, 3.05) is 35.2 Å². The van der Waals surface area contributed by atoms with Crippen molar-refractivity contribution in [3.63, 3.8) is 0 Å². The topological polar surface area (TPSA) is 88.4 Å². The molecular weight excluding hydrogens is 446 g/mol. The SMILES string of the molecule is Cc1ccc(-n2c(SCC(=O)N(C3CC3)C3CCS(=O)(=O)C3)nnc2N2CCCC2)cc1. The predicted octanol–water partition coefficient (Wildman–Crippen LogP) is 2.45. The molecule has 1 amide bonds. The molecule has 1 atom stereocenters. The summed E-state index contributed by atoms with van der Waals surface area (Å²) in [6.45, 7) is 3.97. The maximum Gasteiger partial charge on any atom is 0.233 e. The minimum Gasteiger partial charge on any atom is -0.341 e. The summed E-state index contributed by atoms with van der Waals surface area (Å²) in [5.41, 5.74) is 2.17. The molecule has 1 saturated carbocycles. The highest BCUT2D eigenvalue weighted by atomic mass is 32.2. The molecule has 1 unspecified atom stereocenters. The number of amides is 1. The summed E-state index contributed by atoms with van der Waals surface area (Å²) in [5.74, 6) is 1.33. The molecule has 2 aliphatic heterocycles. The average molecular weight is 476 g/mol. The van der Waals surface area contributed by atoms with Gasteiger partial charge in [0.15, 0.2) is 15.0 Å². The van der Waals surface area contributed by atoms with Crippen LogP contribution in [0.2, 0.25) is 0 Å². The van der Waals surface area contributed by atoms with Crippen molar-refractivity contribution in [3.05, 3.63) is 29.8 Å². The Morgan fingerprint density at radius 2 is 1.81 bits per heavy atom. The molecule has 10 heteroatoms. The first-order valence-corrected chi connectivity index (χ1v) is 14.1. The third kappa shape index (κ3) is 4.52. The van der Waals surface area contributed by atoms with Gasteiger partial charge in [-0.3, -0.25) is 9.36 Å². The molecule has 32 heavy (non-hydrogen) atoms. The first-order chi connectivity index (χ1) is 15.4. The minimum absolute atomic E-state index is 0.000721. The summed E-state index contributed by atoms with van der Waals surface area (Å²) < 4.78 is 26.0. The van der Waals surface area contributed by atoms with Crippen LogP contribution in [0.25, 0.3) is 5.69 Å². The zero-order valence-electron chi connectivity index (χ0n) is 18.3. The van der Waals surface area contributed by atoms with E-state index in [-0.39, 0.29) is 35.2 Å². The van der Waals surface area contributed by atoms with Crippen LogP contribution in [-0.4, -0.2) is 76.4 Å². The van der Waals surface area contributed by atoms with Gasteiger partial charge in [-0.05, 0) is 51.2 Å². The molecular formula is C22H29N5O3S2. The van der Waals surface area contributed by atoms with E-state index in [0.717, 1.165) is 50.4 Å². The average Bonchev–Trinajstić information content (AvgIpc) is 3.14. The van der Waals surface area contributed by atoms with Crippen LogP contribution in [0.3, 0.4) is 0 Å². The third-order valence-electron chi connectivity index (χ3n) is 6.45. The lowest BCUT2D eigenvalue weighted by molar-refractivity contribution is -0.130. The number of anilines is 1. The van der Waals surface area contributed by atoms with Crippen molar-refractivity contribution >= 4 is 33.5 Å². The monoisotopic (exact) mass is 475 g/mol. The van der Waals surface area contributed by atoms with Gasteiger partial charge in [-0.15, -0.1) is 10.2 Å². The Labute approximate surface area is 193 Å². The molecule has 8 nitrogen and oxygen atoms in total. The van der Waals surface area contributed by atoms with Crippen molar-refractivity contribution in [1.82, 2.24) is 19.7 Å². The van der Waals surface area contributed by atoms with E-state index in [2.05, 4.69) is 46.3 Å². The quantitative estimate of drug-likeness (QED) is 0.568. The number of carbonyl (C=O) groups is 1. The first-order valence-electron chi connectivity index (χ1n) is 11.3. The van der Waals surface area contributed by atoms with Crippen LogP contribution in [0.1, 0.15) is 37.7 Å². The van der Waals surface area contributed by atoms with Crippen LogP contribution in [0.4, 0.5) is 5.95 Å². The van der Waals surface area contributed by atoms with E-state index in [1.54, 1.807) is 0 Å². The molecule has 1 aromatic carbocycles. The minimum atomic E-state index is -3.03. The van der Waals surface area contributed by atoms with Crippen molar-refractivity contribution in [1.29, 1.82) is 0 Å². The van der Waals surface area contributed by atoms with E-state index in [1.807, 2.05) is 9.47 Å². The molecule has 2 saturated heterocycles. The van der Waals surface area contributed by atoms with Gasteiger partial charge in [-0.2, -0.15) is 0 Å². The van der Waals surface area contributed by atoms with E-state index < -0.39 is 9.84 Å². The standard InChI is InChI=1S/C22H29N5O3S2/c1-16-4-6-18(7-5-16)27-21(25-11-2-3-12-25)23-24-22(27)31-14-20(28)26(17-8-9-17)19-10-13-32(29,30)15-19/h4-7,17,19H,2-3,8-15H2,1H3. The highest BCUT2D eigenvalue weighted by Gasteiger charge is 2.42. The second-order valence-corrected chi connectivity index (χ2v) is 12.2. The van der Waals surface area contributed by atoms with Crippen molar-refractivity contribution in [2.45, 2.75) is 56.3 Å². The molecule has 0 radical (unpaired) electrons. The highest BCUT2D eigenvalue weighted by molar-refractivity contribution is 7.99. The molecule has 3 heterocycles. The maximum absolute atomic E-state index is 13.2. The Bertz CT molecular complexity index is 1090. The third-order valence-corrected chi connectivity index (χ3v) is 9.12. The number of hydrogen-bond acceptors (Lipinski definition) is 7. The summed E-state index contributed by atoms with van der Waals surface area (Å²) in [6.07, 6.45) is 4.76. The number of carbonyl (C=O) groups excluding carboxylic acids is 1. The highest BCUT2D eigenvalue weighted by Crippen LogP contribution is 2.34. The summed E-state index contributed by atoms with van der Waals surface area (Å²) in [4.78, 5) is 17.3. The maximum atomic E-state index is 13.2. The summed E-state index contributed by atoms with van der Waals surface area (Å²) in [5, 5.41) is 9.61. The van der Waals surface area contributed by atoms with Crippen molar-refractivity contribution in [3.8, 4) is 5.69 Å². The number of benzene rings is 1. The lowest BCUT2D eigenvalue weighted by Crippen LogP contribution is -2.43. The fraction of sp³-hybridized carbons (Fsp3) is 0.591. The number of hydrogen-bond donors (Lipinski definition) is 0. The van der Waals surface area contributed by atoms with E-state index in [9.17, 15) is 13.2 Å². The van der Waals surface area contributed by atoms with E-state index in [4.69, 9.17) is 0 Å². The zero-order valence-corrected chi connectivity index (χ0v) is 19.9. The van der Waals surface area contributed by atoms with Crippen LogP contribution in [0.5, 0.6) is 0 Å². The lowest BCUT2D eigenvalue weighted by Gasteiger charge is -2.28. The van der Waals surface area contributed by atoms with Gasteiger partial charge in [-0.25, -0.2) is 8.42 Å². The fourth-order valence-electron chi connectivity index (χ4n) is 4.65. The van der Waals surface area contributed by atoms with Crippen LogP contribution < -0.4 is 4.90 Å². The van der Waals surface area contributed by atoms with Crippen LogP contribution in [0.15, 0.2) is 29.4 Å². The molecule has 2 aromatic rings. The Morgan fingerprint density at radius 1 is 1.09 bits per heavy atom. The van der Waals surface area contributed by atoms with Gasteiger partial charge in [0.1, 0.15) is 0 Å². The molecule has 5 rings (SSSR count). The lowest BCUT2D eigenvalue weighted by atomic mass is 10.2. The summed E-state index contributed by atoms with van der Waals surface area (Å²) in [6, 6.07) is 8.26. The van der Waals surface area contributed by atoms with Gasteiger partial charge < -0.3 is 9.80 Å². The van der Waals surface area contributed by atoms with Crippen molar-refractivity contribution in [2.24, 2.45) is 0 Å². The van der Waals surface area contributed by atoms with Gasteiger partial charge in [0.2, 0.25) is 11.9 Å². The molecule has 172 valence electrons. The predicted molar refractivity (Wildman–Crippen MR) is 125 cm³/mol. The molecule has 3 fully saturated rings. The molecule has 0 bridgehead atoms. The van der Waals surface area contributed by atoms with Gasteiger partial charge in [0.25, 0.3) is 0 Å². The summed E-state index contributed by atoms with van der Waals surface area (Å²) >= 11 is 1.39. The van der Waals surface area contributed by atoms with Crippen molar-refractivity contribution < 1.29 is 13.2 Å². The van der Waals surface area contributed by atoms with Crippen LogP contribution >= 0.6 is 11.8 Å². The second kappa shape index (κ2) is 8.70. The molecule has 0 N–H and O–H groups in total. The van der Waals surface area contributed by atoms with Gasteiger partial charge in [0.05, 0.1) is 22.9 Å². The van der Waals surface area contributed by atoms with E-state index >= 15 is 0 Å². The van der Waals surface area contributed by atoms with Gasteiger partial charge in [-0.1, -0.05) is 29.5 Å². The number of aryl methyl sites for hydroxylation is 1. The van der Waals surface area contributed by atoms with E-state index in [0.29, 0.717) is 11.6 Å². The molecule has 1 aliphatic carbocycles. The molecule has 0 spiro atoms.